The first kappa shape index (κ1) is 12.1. The molecule has 1 fully saturated rings. The molecule has 1 aromatic rings. The molecule has 5 heteroatoms. The number of rotatable bonds is 5. The fraction of sp³-hybridized carbons (Fsp3) is 0.667. The van der Waals surface area contributed by atoms with E-state index in [0.29, 0.717) is 0 Å². The summed E-state index contributed by atoms with van der Waals surface area (Å²) < 4.78 is 7.05. The molecule has 94 valence electrons. The minimum absolute atomic E-state index is 0.226. The molecular weight excluding hydrogens is 220 g/mol. The van der Waals surface area contributed by atoms with Crippen LogP contribution in [0.3, 0.4) is 0 Å². The molecule has 2 rings (SSSR count). The van der Waals surface area contributed by atoms with Crippen LogP contribution in [-0.4, -0.2) is 34.1 Å². The third-order valence-electron chi connectivity index (χ3n) is 3.42. The molecule has 0 bridgehead atoms. The van der Waals surface area contributed by atoms with E-state index in [0.717, 1.165) is 18.5 Å². The van der Waals surface area contributed by atoms with E-state index in [2.05, 4.69) is 5.10 Å². The molecule has 0 amide bonds. The van der Waals surface area contributed by atoms with Crippen LogP contribution in [0.2, 0.25) is 0 Å². The summed E-state index contributed by atoms with van der Waals surface area (Å²) >= 11 is 0. The number of hydrogen-bond acceptors (Lipinski definition) is 3. The predicted octanol–water partition coefficient (Wildman–Crippen LogP) is 1.60. The first-order chi connectivity index (χ1) is 8.03. The molecule has 5 nitrogen and oxygen atoms in total. The second kappa shape index (κ2) is 4.14. The molecule has 0 aromatic carbocycles. The number of methoxy groups -OCH3 is 1. The van der Waals surface area contributed by atoms with Gasteiger partial charge in [-0.3, -0.25) is 4.68 Å². The second-order valence-corrected chi connectivity index (χ2v) is 4.86. The summed E-state index contributed by atoms with van der Waals surface area (Å²) in [4.78, 5) is 11.2. The van der Waals surface area contributed by atoms with Crippen LogP contribution in [0.4, 0.5) is 0 Å². The van der Waals surface area contributed by atoms with Gasteiger partial charge >= 0.3 is 5.97 Å². The van der Waals surface area contributed by atoms with Gasteiger partial charge in [0.05, 0.1) is 0 Å². The Balaban J connectivity index is 2.38. The maximum absolute atomic E-state index is 11.2. The van der Waals surface area contributed by atoms with Gasteiger partial charge in [-0.1, -0.05) is 0 Å². The molecular formula is C12H18N2O3. The SMILES string of the molecule is COC(C(=O)O)C1(c2ccnn2C(C)C)CC1. The van der Waals surface area contributed by atoms with E-state index in [1.54, 1.807) is 6.20 Å². The van der Waals surface area contributed by atoms with Gasteiger partial charge in [-0.2, -0.15) is 5.10 Å². The average molecular weight is 238 g/mol. The average Bonchev–Trinajstić information content (AvgIpc) is 2.88. The quantitative estimate of drug-likeness (QED) is 0.846. The largest absolute Gasteiger partial charge is 0.479 e. The maximum atomic E-state index is 11.2. The van der Waals surface area contributed by atoms with Gasteiger partial charge in [-0.05, 0) is 32.8 Å². The Morgan fingerprint density at radius 1 is 1.59 bits per heavy atom. The van der Waals surface area contributed by atoms with Gasteiger partial charge in [0.15, 0.2) is 6.10 Å². The van der Waals surface area contributed by atoms with Crippen LogP contribution in [-0.2, 0) is 14.9 Å². The lowest BCUT2D eigenvalue weighted by Crippen LogP contribution is -2.37. The Bertz CT molecular complexity index is 421. The van der Waals surface area contributed by atoms with Crippen molar-refractivity contribution in [2.45, 2.75) is 44.2 Å². The zero-order valence-electron chi connectivity index (χ0n) is 10.4. The monoisotopic (exact) mass is 238 g/mol. The molecule has 1 unspecified atom stereocenters. The van der Waals surface area contributed by atoms with Crippen molar-refractivity contribution >= 4 is 5.97 Å². The van der Waals surface area contributed by atoms with Crippen molar-refractivity contribution < 1.29 is 14.6 Å². The zero-order valence-corrected chi connectivity index (χ0v) is 10.4. The zero-order chi connectivity index (χ0) is 12.6. The molecule has 1 saturated carbocycles. The minimum Gasteiger partial charge on any atom is -0.479 e. The summed E-state index contributed by atoms with van der Waals surface area (Å²) in [6.07, 6.45) is 2.63. The molecule has 1 atom stereocenters. The number of nitrogens with zero attached hydrogens (tertiary/aromatic N) is 2. The highest BCUT2D eigenvalue weighted by atomic mass is 16.5. The van der Waals surface area contributed by atoms with Crippen molar-refractivity contribution in [3.05, 3.63) is 18.0 Å². The predicted molar refractivity (Wildman–Crippen MR) is 62.0 cm³/mol. The fourth-order valence-corrected chi connectivity index (χ4v) is 2.47. The molecule has 1 aliphatic carbocycles. The maximum Gasteiger partial charge on any atom is 0.333 e. The van der Waals surface area contributed by atoms with Crippen LogP contribution >= 0.6 is 0 Å². The van der Waals surface area contributed by atoms with Crippen LogP contribution in [0.5, 0.6) is 0 Å². The van der Waals surface area contributed by atoms with Crippen LogP contribution in [0.15, 0.2) is 12.3 Å². The molecule has 1 heterocycles. The van der Waals surface area contributed by atoms with Crippen molar-refractivity contribution in [1.29, 1.82) is 0 Å². The summed E-state index contributed by atoms with van der Waals surface area (Å²) in [5.74, 6) is -0.901. The lowest BCUT2D eigenvalue weighted by Gasteiger charge is -2.24. The summed E-state index contributed by atoms with van der Waals surface area (Å²) in [5, 5.41) is 13.5. The highest BCUT2D eigenvalue weighted by Crippen LogP contribution is 2.52. The van der Waals surface area contributed by atoms with Crippen LogP contribution in [0.25, 0.3) is 0 Å². The van der Waals surface area contributed by atoms with E-state index in [-0.39, 0.29) is 11.5 Å². The van der Waals surface area contributed by atoms with Crippen LogP contribution < -0.4 is 0 Å². The molecule has 0 spiro atoms. The molecule has 0 radical (unpaired) electrons. The summed E-state index contributed by atoms with van der Waals surface area (Å²) in [7, 11) is 1.45. The molecule has 17 heavy (non-hydrogen) atoms. The van der Waals surface area contributed by atoms with E-state index in [1.807, 2.05) is 24.6 Å². The number of aromatic nitrogens is 2. The van der Waals surface area contributed by atoms with Gasteiger partial charge < -0.3 is 9.84 Å². The number of carboxylic acid groups (broad SMARTS) is 1. The van der Waals surface area contributed by atoms with Crippen LogP contribution in [0, 0.1) is 0 Å². The van der Waals surface area contributed by atoms with Crippen molar-refractivity contribution in [3.8, 4) is 0 Å². The van der Waals surface area contributed by atoms with E-state index in [1.165, 1.54) is 7.11 Å². The van der Waals surface area contributed by atoms with E-state index in [4.69, 9.17) is 4.74 Å². The van der Waals surface area contributed by atoms with Gasteiger partial charge in [-0.25, -0.2) is 4.79 Å². The molecule has 1 aromatic heterocycles. The van der Waals surface area contributed by atoms with Crippen molar-refractivity contribution in [2.75, 3.05) is 7.11 Å². The number of ether oxygens (including phenoxy) is 1. The Labute approximate surface area is 100 Å². The Kier molecular flexibility index (Phi) is 2.95. The molecule has 1 aliphatic rings. The highest BCUT2D eigenvalue weighted by molar-refractivity contribution is 5.75. The van der Waals surface area contributed by atoms with Gasteiger partial charge in [0.2, 0.25) is 0 Å². The van der Waals surface area contributed by atoms with Gasteiger partial charge in [0.25, 0.3) is 0 Å². The van der Waals surface area contributed by atoms with Crippen LogP contribution in [0.1, 0.15) is 38.4 Å². The lowest BCUT2D eigenvalue weighted by atomic mass is 9.94. The second-order valence-electron chi connectivity index (χ2n) is 4.86. The Hall–Kier alpha value is -1.36. The summed E-state index contributed by atoms with van der Waals surface area (Å²) in [5.41, 5.74) is 0.586. The van der Waals surface area contributed by atoms with Gasteiger partial charge in [0.1, 0.15) is 0 Å². The van der Waals surface area contributed by atoms with Gasteiger partial charge in [0, 0.05) is 30.5 Å². The van der Waals surface area contributed by atoms with Crippen molar-refractivity contribution in [1.82, 2.24) is 9.78 Å². The number of carboxylic acids is 1. The highest BCUT2D eigenvalue weighted by Gasteiger charge is 2.56. The molecule has 0 saturated heterocycles. The number of carbonyl (C=O) groups is 1. The van der Waals surface area contributed by atoms with Gasteiger partial charge in [-0.15, -0.1) is 0 Å². The van der Waals surface area contributed by atoms with Crippen molar-refractivity contribution in [3.63, 3.8) is 0 Å². The molecule has 1 N–H and O–H groups in total. The number of hydrogen-bond donors (Lipinski definition) is 1. The Morgan fingerprint density at radius 3 is 2.65 bits per heavy atom. The van der Waals surface area contributed by atoms with E-state index in [9.17, 15) is 9.90 Å². The summed E-state index contributed by atoms with van der Waals surface area (Å²) in [6, 6.07) is 2.13. The summed E-state index contributed by atoms with van der Waals surface area (Å²) in [6.45, 7) is 4.07. The first-order valence-electron chi connectivity index (χ1n) is 5.82. The van der Waals surface area contributed by atoms with E-state index < -0.39 is 12.1 Å². The first-order valence-corrected chi connectivity index (χ1v) is 5.82. The smallest absolute Gasteiger partial charge is 0.333 e. The number of aliphatic carboxylic acids is 1. The lowest BCUT2D eigenvalue weighted by molar-refractivity contribution is -0.150. The van der Waals surface area contributed by atoms with E-state index >= 15 is 0 Å². The fourth-order valence-electron chi connectivity index (χ4n) is 2.47. The topological polar surface area (TPSA) is 64.3 Å². The minimum atomic E-state index is -0.901. The normalized spacial score (nSPS) is 19.3. The third-order valence-corrected chi connectivity index (χ3v) is 3.42. The Morgan fingerprint density at radius 2 is 2.24 bits per heavy atom. The third kappa shape index (κ3) is 1.84. The van der Waals surface area contributed by atoms with Crippen molar-refractivity contribution in [2.24, 2.45) is 0 Å². The standard InChI is InChI=1S/C12H18N2O3/c1-8(2)14-9(4-7-13-14)12(5-6-12)10(17-3)11(15)16/h4,7-8,10H,5-6H2,1-3H3,(H,15,16). The molecule has 0 aliphatic heterocycles.